The van der Waals surface area contributed by atoms with E-state index in [2.05, 4.69) is 33.1 Å². The van der Waals surface area contributed by atoms with E-state index < -0.39 is 0 Å². The second-order valence-electron chi connectivity index (χ2n) is 1.37. The van der Waals surface area contributed by atoms with E-state index >= 15 is 0 Å². The summed E-state index contributed by atoms with van der Waals surface area (Å²) >= 11 is 0. The fraction of sp³-hybridized carbons (Fsp3) is 0. The number of hydrogen-bond acceptors (Lipinski definition) is 3. The molecule has 1 heterocycles. The van der Waals surface area contributed by atoms with E-state index in [1.807, 2.05) is 0 Å². The third-order valence-electron chi connectivity index (χ3n) is 0.782. The van der Waals surface area contributed by atoms with Gasteiger partial charge in [-0.1, -0.05) is 11.8 Å². The van der Waals surface area contributed by atoms with Gasteiger partial charge in [0, 0.05) is 39.0 Å². The quantitative estimate of drug-likeness (QED) is 0.439. The molecular weight excluding hydrogens is 215 g/mol. The van der Waals surface area contributed by atoms with Gasteiger partial charge in [0.15, 0.2) is 0 Å². The van der Waals surface area contributed by atoms with Gasteiger partial charge in [-0.3, -0.25) is 0 Å². The van der Waals surface area contributed by atoms with E-state index in [-0.39, 0.29) is 44.4 Å². The van der Waals surface area contributed by atoms with Crippen molar-refractivity contribution in [1.29, 1.82) is 0 Å². The molecule has 0 aliphatic carbocycles. The van der Waals surface area contributed by atoms with Crippen molar-refractivity contribution in [3.8, 4) is 24.7 Å². The summed E-state index contributed by atoms with van der Waals surface area (Å²) < 4.78 is 0. The molecule has 0 unspecified atom stereocenters. The van der Waals surface area contributed by atoms with Crippen LogP contribution in [0.3, 0.4) is 0 Å². The molecule has 0 spiro atoms. The van der Waals surface area contributed by atoms with Crippen LogP contribution in [-0.4, -0.2) is 15.0 Å². The van der Waals surface area contributed by atoms with E-state index in [4.69, 9.17) is 12.8 Å². The van der Waals surface area contributed by atoms with Crippen molar-refractivity contribution in [2.75, 3.05) is 0 Å². The molecule has 1 aromatic heterocycles. The van der Waals surface area contributed by atoms with Gasteiger partial charge in [-0.25, -0.2) is 0 Å². The predicted molar refractivity (Wildman–Crippen MR) is 34.5 cm³/mol. The van der Waals surface area contributed by atoms with Gasteiger partial charge < -0.3 is 15.0 Å². The van der Waals surface area contributed by atoms with E-state index in [1.54, 1.807) is 0 Å². The Morgan fingerprint density at radius 1 is 1.09 bits per heavy atom. The first-order valence-electron chi connectivity index (χ1n) is 2.42. The van der Waals surface area contributed by atoms with Crippen molar-refractivity contribution < 1.29 is 32.7 Å². The summed E-state index contributed by atoms with van der Waals surface area (Å²) in [5.41, 5.74) is 0. The van der Waals surface area contributed by atoms with Crippen molar-refractivity contribution in [3.05, 3.63) is 18.0 Å². The molecule has 0 saturated carbocycles. The largest absolute Gasteiger partial charge is 0.341 e. The molecule has 49 valence electrons. The molecule has 3 nitrogen and oxygen atoms in total. The summed E-state index contributed by atoms with van der Waals surface area (Å²) in [5.74, 6) is 4.85. The number of nitrogens with zero attached hydrogens (tertiary/aromatic N) is 3. The van der Waals surface area contributed by atoms with Crippen LogP contribution in [0, 0.1) is 31.0 Å². The summed E-state index contributed by atoms with van der Waals surface area (Å²) in [7, 11) is 0. The van der Waals surface area contributed by atoms with Crippen LogP contribution in [0.4, 0.5) is 0 Å². The van der Waals surface area contributed by atoms with Crippen LogP contribution in [0.15, 0.2) is 0 Å². The van der Waals surface area contributed by atoms with Gasteiger partial charge in [-0.2, -0.15) is 0 Å². The molecular formula is C7H2N3Y-. The Morgan fingerprint density at radius 2 is 1.55 bits per heavy atom. The average Bonchev–Trinajstić information content (AvgIpc) is 2.05. The molecule has 0 atom stereocenters. The van der Waals surface area contributed by atoms with Crippen molar-refractivity contribution in [3.63, 3.8) is 0 Å². The maximum absolute atomic E-state index is 4.98. The fourth-order valence-corrected chi connectivity index (χ4v) is 0.399. The molecule has 4 heteroatoms. The van der Waals surface area contributed by atoms with Crippen LogP contribution in [0.1, 0.15) is 11.6 Å². The minimum Gasteiger partial charge on any atom is -0.341 e. The normalized spacial score (nSPS) is 7.09. The monoisotopic (exact) mass is 217 g/mol. The van der Waals surface area contributed by atoms with Crippen LogP contribution in [0.5, 0.6) is 0 Å². The summed E-state index contributed by atoms with van der Waals surface area (Å²) in [6, 6.07) is 0. The SMILES string of the molecule is C#Cc1n[c-]nc(C#C)n1.[Y]. The van der Waals surface area contributed by atoms with Crippen molar-refractivity contribution in [2.45, 2.75) is 0 Å². The van der Waals surface area contributed by atoms with Crippen LogP contribution >= 0.6 is 0 Å². The van der Waals surface area contributed by atoms with Gasteiger partial charge in [0.1, 0.15) is 0 Å². The Hall–Kier alpha value is -0.766. The van der Waals surface area contributed by atoms with Gasteiger partial charge in [0.2, 0.25) is 0 Å². The first-order chi connectivity index (χ1) is 4.86. The van der Waals surface area contributed by atoms with Crippen molar-refractivity contribution in [1.82, 2.24) is 15.0 Å². The van der Waals surface area contributed by atoms with Crippen molar-refractivity contribution >= 4 is 0 Å². The number of aromatic nitrogens is 3. The van der Waals surface area contributed by atoms with E-state index in [0.717, 1.165) is 0 Å². The Balaban J connectivity index is 0.000001000. The predicted octanol–water partition coefficient (Wildman–Crippen LogP) is -0.368. The Bertz CT molecular complexity index is 292. The van der Waals surface area contributed by atoms with E-state index in [1.165, 1.54) is 0 Å². The van der Waals surface area contributed by atoms with Gasteiger partial charge >= 0.3 is 0 Å². The topological polar surface area (TPSA) is 38.7 Å². The maximum Gasteiger partial charge on any atom is 0.0924 e. The zero-order chi connectivity index (χ0) is 7.40. The molecule has 0 amide bonds. The fourth-order valence-electron chi connectivity index (χ4n) is 0.399. The Kier molecular flexibility index (Phi) is 4.62. The molecule has 0 aliphatic rings. The molecule has 0 aromatic carbocycles. The smallest absolute Gasteiger partial charge is 0.0924 e. The molecule has 0 aliphatic heterocycles. The maximum atomic E-state index is 4.98. The van der Waals surface area contributed by atoms with Crippen molar-refractivity contribution in [2.24, 2.45) is 0 Å². The molecule has 0 bridgehead atoms. The Morgan fingerprint density at radius 3 is 1.91 bits per heavy atom. The number of hydrogen-bond donors (Lipinski definition) is 0. The standard InChI is InChI=1S/C7H2N3.Y/c1-3-6-8-5-9-7(4-2)10-6;/h1-2H;/q-1;. The third kappa shape index (κ3) is 2.76. The van der Waals surface area contributed by atoms with Gasteiger partial charge in [0.05, 0.1) is 11.6 Å². The average molecular weight is 217 g/mol. The minimum absolute atomic E-state index is 0. The van der Waals surface area contributed by atoms with Crippen LogP contribution < -0.4 is 0 Å². The van der Waals surface area contributed by atoms with Gasteiger partial charge in [0.25, 0.3) is 0 Å². The summed E-state index contributed by atoms with van der Waals surface area (Å²) in [6.07, 6.45) is 12.2. The second kappa shape index (κ2) is 4.96. The van der Waals surface area contributed by atoms with Gasteiger partial charge in [-0.05, 0) is 0 Å². The Labute approximate surface area is 89.9 Å². The summed E-state index contributed by atoms with van der Waals surface area (Å²) in [6.45, 7) is 0. The number of rotatable bonds is 0. The van der Waals surface area contributed by atoms with Crippen LogP contribution in [0.25, 0.3) is 0 Å². The van der Waals surface area contributed by atoms with Gasteiger partial charge in [-0.15, -0.1) is 12.8 Å². The second-order valence-corrected chi connectivity index (χ2v) is 1.37. The van der Waals surface area contributed by atoms with E-state index in [9.17, 15) is 0 Å². The third-order valence-corrected chi connectivity index (χ3v) is 0.782. The zero-order valence-corrected chi connectivity index (χ0v) is 8.41. The zero-order valence-electron chi connectivity index (χ0n) is 5.57. The molecule has 0 saturated heterocycles. The number of terminal acetylenes is 2. The molecule has 0 fully saturated rings. The van der Waals surface area contributed by atoms with Crippen LogP contribution in [-0.2, 0) is 32.7 Å². The first-order valence-corrected chi connectivity index (χ1v) is 2.42. The molecule has 0 N–H and O–H groups in total. The summed E-state index contributed by atoms with van der Waals surface area (Å²) in [5, 5.41) is 0. The molecule has 1 rings (SSSR count). The van der Waals surface area contributed by atoms with Crippen LogP contribution in [0.2, 0.25) is 0 Å². The minimum atomic E-state index is 0. The van der Waals surface area contributed by atoms with E-state index in [0.29, 0.717) is 0 Å². The molecule has 11 heavy (non-hydrogen) atoms. The summed E-state index contributed by atoms with van der Waals surface area (Å²) in [4.78, 5) is 10.7. The first kappa shape index (κ1) is 10.2. The molecule has 1 radical (unpaired) electrons. The molecule has 1 aromatic rings.